The minimum atomic E-state index is -1.77. The summed E-state index contributed by atoms with van der Waals surface area (Å²) in [6.07, 6.45) is -5.72. The molecule has 5 rings (SSSR count). The molecule has 12 heteroatoms. The molecular weight excluding hydrogens is 624 g/mol. The summed E-state index contributed by atoms with van der Waals surface area (Å²) in [5.41, 5.74) is -2.94. The van der Waals surface area contributed by atoms with Gasteiger partial charge in [-0.15, -0.1) is 0 Å². The third-order valence-electron chi connectivity index (χ3n) is 14.6. The average molecular weight is 683 g/mol. The zero-order chi connectivity index (χ0) is 35.8. The molecule has 0 amide bonds. The van der Waals surface area contributed by atoms with Gasteiger partial charge in [0.05, 0.1) is 36.9 Å². The van der Waals surface area contributed by atoms with Gasteiger partial charge in [0.25, 0.3) is 0 Å². The van der Waals surface area contributed by atoms with Crippen LogP contribution in [-0.4, -0.2) is 115 Å². The average Bonchev–Trinajstić information content (AvgIpc) is 3.04. The number of fused-ring (bicyclic) bond motifs is 5. The van der Waals surface area contributed by atoms with E-state index in [9.17, 15) is 50.4 Å². The van der Waals surface area contributed by atoms with E-state index in [1.54, 1.807) is 6.92 Å². The molecule has 4 aliphatic carbocycles. The van der Waals surface area contributed by atoms with Crippen molar-refractivity contribution < 1.29 is 59.9 Å². The maximum absolute atomic E-state index is 14.3. The number of aliphatic hydroxyl groups is 8. The summed E-state index contributed by atoms with van der Waals surface area (Å²) in [5.74, 6) is -1.29. The first-order valence-electron chi connectivity index (χ1n) is 17.7. The van der Waals surface area contributed by atoms with E-state index in [0.717, 1.165) is 6.42 Å². The Morgan fingerprint density at radius 2 is 1.62 bits per heavy atom. The lowest BCUT2D eigenvalue weighted by atomic mass is 9.34. The van der Waals surface area contributed by atoms with Crippen LogP contribution in [-0.2, 0) is 19.1 Å². The van der Waals surface area contributed by atoms with E-state index in [1.807, 2.05) is 13.0 Å². The first kappa shape index (κ1) is 37.8. The van der Waals surface area contributed by atoms with Crippen LogP contribution in [0.15, 0.2) is 11.6 Å². The second kappa shape index (κ2) is 12.9. The fourth-order valence-corrected chi connectivity index (χ4v) is 11.0. The molecule has 16 atom stereocenters. The summed E-state index contributed by atoms with van der Waals surface area (Å²) in [5, 5.41) is 85.5. The largest absolute Gasteiger partial charge is 0.432 e. The third-order valence-corrected chi connectivity index (χ3v) is 14.6. The quantitative estimate of drug-likeness (QED) is 0.133. The predicted molar refractivity (Wildman–Crippen MR) is 172 cm³/mol. The number of Topliss-reactive ketones (excluding diaryl/α,β-unsaturated/α-hetero) is 1. The van der Waals surface area contributed by atoms with Gasteiger partial charge in [0, 0.05) is 11.3 Å². The van der Waals surface area contributed by atoms with E-state index in [-0.39, 0.29) is 42.0 Å². The Kier molecular flexibility index (Phi) is 10.2. The number of hydrogen-bond donors (Lipinski definition) is 8. The Balaban J connectivity index is 1.52. The zero-order valence-corrected chi connectivity index (χ0v) is 29.2. The molecule has 48 heavy (non-hydrogen) atoms. The van der Waals surface area contributed by atoms with Crippen molar-refractivity contribution in [3.63, 3.8) is 0 Å². The molecule has 0 unspecified atom stereocenters. The Bertz CT molecular complexity index is 1270. The molecule has 4 fully saturated rings. The molecule has 3 saturated carbocycles. The van der Waals surface area contributed by atoms with Crippen molar-refractivity contribution in [3.8, 4) is 0 Å². The highest BCUT2D eigenvalue weighted by molar-refractivity contribution is 5.81. The van der Waals surface area contributed by atoms with Crippen LogP contribution in [0.2, 0.25) is 0 Å². The van der Waals surface area contributed by atoms with Crippen molar-refractivity contribution >= 4 is 11.8 Å². The number of aliphatic hydroxyl groups excluding tert-OH is 8. The van der Waals surface area contributed by atoms with Crippen molar-refractivity contribution in [1.82, 2.24) is 0 Å². The summed E-state index contributed by atoms with van der Waals surface area (Å²) in [6.45, 7) is 10.7. The number of esters is 1. The summed E-state index contributed by atoms with van der Waals surface area (Å²) in [7, 11) is 0. The van der Waals surface area contributed by atoms with E-state index >= 15 is 0 Å². The molecule has 0 aromatic heterocycles. The van der Waals surface area contributed by atoms with Crippen LogP contribution >= 0.6 is 0 Å². The number of hydrogen-bond acceptors (Lipinski definition) is 12. The van der Waals surface area contributed by atoms with Gasteiger partial charge >= 0.3 is 5.97 Å². The fourth-order valence-electron chi connectivity index (χ4n) is 11.0. The summed E-state index contributed by atoms with van der Waals surface area (Å²) in [4.78, 5) is 26.5. The number of carbonyl (C=O) groups is 2. The van der Waals surface area contributed by atoms with E-state index in [1.165, 1.54) is 6.92 Å². The minimum Gasteiger partial charge on any atom is -0.432 e. The van der Waals surface area contributed by atoms with E-state index < -0.39 is 83.3 Å². The van der Waals surface area contributed by atoms with Gasteiger partial charge in [-0.1, -0.05) is 40.7 Å². The molecule has 274 valence electrons. The molecule has 1 saturated heterocycles. The Hall–Kier alpha value is -1.48. The van der Waals surface area contributed by atoms with Gasteiger partial charge < -0.3 is 50.3 Å². The van der Waals surface area contributed by atoms with Crippen LogP contribution in [0, 0.1) is 44.8 Å². The number of ketones is 1. The van der Waals surface area contributed by atoms with Gasteiger partial charge in [0.1, 0.15) is 30.2 Å². The molecule has 0 aromatic carbocycles. The lowest BCUT2D eigenvalue weighted by molar-refractivity contribution is -0.295. The number of rotatable bonds is 8. The fraction of sp³-hybridized carbons (Fsp3) is 0.889. The molecule has 1 aliphatic heterocycles. The summed E-state index contributed by atoms with van der Waals surface area (Å²) >= 11 is 0. The highest BCUT2D eigenvalue weighted by Crippen LogP contribution is 2.74. The Morgan fingerprint density at radius 1 is 0.958 bits per heavy atom. The van der Waals surface area contributed by atoms with Crippen molar-refractivity contribution in [1.29, 1.82) is 0 Å². The van der Waals surface area contributed by atoms with Crippen LogP contribution < -0.4 is 0 Å². The number of ether oxygens (including phenoxy) is 2. The Labute approximate surface area is 283 Å². The molecule has 0 aromatic rings. The van der Waals surface area contributed by atoms with Crippen LogP contribution in [0.3, 0.4) is 0 Å². The minimum absolute atomic E-state index is 0.0338. The Morgan fingerprint density at radius 3 is 2.23 bits per heavy atom. The smallest absolute Gasteiger partial charge is 0.318 e. The molecule has 0 spiro atoms. The maximum atomic E-state index is 14.3. The van der Waals surface area contributed by atoms with Crippen molar-refractivity contribution in [2.45, 2.75) is 142 Å². The van der Waals surface area contributed by atoms with Crippen molar-refractivity contribution in [2.75, 3.05) is 13.2 Å². The maximum Gasteiger partial charge on any atom is 0.318 e. The van der Waals surface area contributed by atoms with E-state index in [2.05, 4.69) is 20.8 Å². The topological polar surface area (TPSA) is 214 Å². The molecule has 8 N–H and O–H groups in total. The van der Waals surface area contributed by atoms with Gasteiger partial charge in [-0.3, -0.25) is 9.59 Å². The summed E-state index contributed by atoms with van der Waals surface area (Å²) in [6, 6.07) is 0. The zero-order valence-electron chi connectivity index (χ0n) is 29.2. The van der Waals surface area contributed by atoms with Crippen molar-refractivity contribution in [3.05, 3.63) is 11.6 Å². The van der Waals surface area contributed by atoms with Gasteiger partial charge in [-0.05, 0) is 91.9 Å². The van der Waals surface area contributed by atoms with Crippen molar-refractivity contribution in [2.24, 2.45) is 44.8 Å². The molecule has 12 nitrogen and oxygen atoms in total. The second-order valence-electron chi connectivity index (χ2n) is 16.9. The van der Waals surface area contributed by atoms with Gasteiger partial charge in [-0.25, -0.2) is 0 Å². The lowest BCUT2D eigenvalue weighted by Gasteiger charge is -2.71. The van der Waals surface area contributed by atoms with Crippen LogP contribution in [0.5, 0.6) is 0 Å². The van der Waals surface area contributed by atoms with Gasteiger partial charge in [-0.2, -0.15) is 0 Å². The molecular formula is C36H58O12. The lowest BCUT2D eigenvalue weighted by Crippen LogP contribution is -2.68. The second-order valence-corrected chi connectivity index (χ2v) is 16.9. The van der Waals surface area contributed by atoms with Crippen LogP contribution in [0.25, 0.3) is 0 Å². The predicted octanol–water partition coefficient (Wildman–Crippen LogP) is 0.975. The molecule has 1 heterocycles. The first-order chi connectivity index (χ1) is 22.3. The summed E-state index contributed by atoms with van der Waals surface area (Å²) < 4.78 is 11.2. The standard InChI is InChI=1S/C36H58O12/c1-18(19(2)39)7-10-36(31(46)48-30-28(44)27(43)26(42)23(16-37)47-30)12-11-34(5)20(14-36)21(40)13-25-32(3)15-22(41)29(45)33(4,17-38)24(32)8-9-35(25,34)6/h14,18,21-30,37-38,40-45H,7-13,15-17H2,1-6H3/t18-,21-,22-,23-,24-,25-,26-,27+,28-,29+,30+,32+,33+,34-,35-,36+/m1/s1. The first-order valence-corrected chi connectivity index (χ1v) is 17.7. The highest BCUT2D eigenvalue weighted by atomic mass is 16.7. The van der Waals surface area contributed by atoms with Gasteiger partial charge in [0.15, 0.2) is 0 Å². The monoisotopic (exact) mass is 682 g/mol. The van der Waals surface area contributed by atoms with Gasteiger partial charge in [0.2, 0.25) is 6.29 Å². The van der Waals surface area contributed by atoms with Crippen LogP contribution in [0.4, 0.5) is 0 Å². The van der Waals surface area contributed by atoms with E-state index in [4.69, 9.17) is 9.47 Å². The molecule has 0 radical (unpaired) electrons. The highest BCUT2D eigenvalue weighted by Gasteiger charge is 2.70. The number of carbonyl (C=O) groups excluding carboxylic acids is 2. The SMILES string of the molecule is CC(=O)[C@H](C)CC[C@@]1(C(=O)O[C@@H]2O[C@H](CO)[C@@H](O)[C@H](O)[C@H]2O)C=C2[C@H](O)C[C@@H]3[C@@]4(C)C[C@@H](O)[C@H](O)[C@@](C)(CO)[C@@H]4CC[C@@]3(C)[C@]2(C)CC1. The van der Waals surface area contributed by atoms with E-state index in [0.29, 0.717) is 44.1 Å². The van der Waals surface area contributed by atoms with Crippen LogP contribution in [0.1, 0.15) is 92.9 Å². The molecule has 0 bridgehead atoms. The normalized spacial score (nSPS) is 51.1. The molecule has 5 aliphatic rings. The third kappa shape index (κ3) is 5.53.